The molecular weight excluding hydrogens is 226 g/mol. The summed E-state index contributed by atoms with van der Waals surface area (Å²) in [5.41, 5.74) is -0.914. The second kappa shape index (κ2) is 6.00. The van der Waals surface area contributed by atoms with Crippen molar-refractivity contribution in [2.24, 2.45) is 0 Å². The summed E-state index contributed by atoms with van der Waals surface area (Å²) in [6.45, 7) is 1.38. The summed E-state index contributed by atoms with van der Waals surface area (Å²) in [4.78, 5) is 33.8. The molecular formula is C10H15N3O4. The molecule has 0 aliphatic carbocycles. The first-order valence-electron chi connectivity index (χ1n) is 5.27. The zero-order valence-electron chi connectivity index (χ0n) is 9.47. The molecule has 17 heavy (non-hydrogen) atoms. The van der Waals surface area contributed by atoms with Crippen LogP contribution in [0, 0.1) is 0 Å². The standard InChI is InChI=1S/C10H15N3O4/c1-2-7(6-14)11-9(16)5-13-10(17)4-3-8(15)12-13/h3-4,7,14H,2,5-6H2,1H3,(H,11,16)(H,12,15)/t7-/m0/s1. The number of rotatable bonds is 5. The third-order valence-corrected chi connectivity index (χ3v) is 2.27. The minimum absolute atomic E-state index is 0.164. The molecule has 1 heterocycles. The molecule has 1 aromatic rings. The summed E-state index contributed by atoms with van der Waals surface area (Å²) in [5, 5.41) is 13.7. The zero-order chi connectivity index (χ0) is 12.8. The Morgan fingerprint density at radius 1 is 1.53 bits per heavy atom. The molecule has 7 nitrogen and oxygen atoms in total. The van der Waals surface area contributed by atoms with Gasteiger partial charge in [-0.05, 0) is 6.42 Å². The molecule has 0 bridgehead atoms. The van der Waals surface area contributed by atoms with Gasteiger partial charge in [-0.2, -0.15) is 0 Å². The predicted molar refractivity (Wildman–Crippen MR) is 60.6 cm³/mol. The predicted octanol–water partition coefficient (Wildman–Crippen LogP) is -1.58. The summed E-state index contributed by atoms with van der Waals surface area (Å²) < 4.78 is 0.918. The summed E-state index contributed by atoms with van der Waals surface area (Å²) in [6.07, 6.45) is 0.586. The molecule has 1 rings (SSSR count). The van der Waals surface area contributed by atoms with Gasteiger partial charge in [0.1, 0.15) is 6.54 Å². The molecule has 1 aromatic heterocycles. The van der Waals surface area contributed by atoms with E-state index in [9.17, 15) is 14.4 Å². The number of aromatic nitrogens is 2. The number of aromatic amines is 1. The third kappa shape index (κ3) is 3.87. The van der Waals surface area contributed by atoms with Crippen LogP contribution in [0.4, 0.5) is 0 Å². The average molecular weight is 241 g/mol. The number of carbonyl (C=O) groups excluding carboxylic acids is 1. The minimum Gasteiger partial charge on any atom is -0.394 e. The van der Waals surface area contributed by atoms with Crippen LogP contribution in [0.1, 0.15) is 13.3 Å². The van der Waals surface area contributed by atoms with E-state index in [0.717, 1.165) is 16.8 Å². The molecule has 0 aromatic carbocycles. The van der Waals surface area contributed by atoms with Crippen molar-refractivity contribution in [2.75, 3.05) is 6.61 Å². The molecule has 0 radical (unpaired) electrons. The normalized spacial score (nSPS) is 12.1. The van der Waals surface area contributed by atoms with Gasteiger partial charge in [-0.1, -0.05) is 6.92 Å². The van der Waals surface area contributed by atoms with Gasteiger partial charge < -0.3 is 10.4 Å². The maximum Gasteiger partial charge on any atom is 0.265 e. The summed E-state index contributed by atoms with van der Waals surface area (Å²) in [5.74, 6) is -0.435. The maximum absolute atomic E-state index is 11.5. The van der Waals surface area contributed by atoms with E-state index >= 15 is 0 Å². The maximum atomic E-state index is 11.5. The van der Waals surface area contributed by atoms with Crippen molar-refractivity contribution in [1.82, 2.24) is 15.1 Å². The van der Waals surface area contributed by atoms with E-state index in [0.29, 0.717) is 6.42 Å². The highest BCUT2D eigenvalue weighted by atomic mass is 16.3. The van der Waals surface area contributed by atoms with E-state index in [1.807, 2.05) is 6.92 Å². The van der Waals surface area contributed by atoms with Crippen molar-refractivity contribution < 1.29 is 9.90 Å². The fourth-order valence-electron chi connectivity index (χ4n) is 1.27. The first-order chi connectivity index (χ1) is 8.06. The lowest BCUT2D eigenvalue weighted by Gasteiger charge is -2.14. The van der Waals surface area contributed by atoms with Crippen LogP contribution in [-0.2, 0) is 11.3 Å². The highest BCUT2D eigenvalue weighted by Gasteiger charge is 2.10. The second-order valence-electron chi connectivity index (χ2n) is 3.59. The van der Waals surface area contributed by atoms with Crippen molar-refractivity contribution in [2.45, 2.75) is 25.9 Å². The van der Waals surface area contributed by atoms with E-state index in [1.54, 1.807) is 0 Å². The van der Waals surface area contributed by atoms with Crippen LogP contribution in [0.3, 0.4) is 0 Å². The van der Waals surface area contributed by atoms with Crippen LogP contribution in [0.25, 0.3) is 0 Å². The summed E-state index contributed by atoms with van der Waals surface area (Å²) in [6, 6.07) is 1.85. The van der Waals surface area contributed by atoms with E-state index in [1.165, 1.54) is 0 Å². The van der Waals surface area contributed by atoms with Gasteiger partial charge in [0, 0.05) is 12.1 Å². The lowest BCUT2D eigenvalue weighted by atomic mass is 10.2. The van der Waals surface area contributed by atoms with Crippen LogP contribution in [0.2, 0.25) is 0 Å². The van der Waals surface area contributed by atoms with Crippen molar-refractivity contribution in [3.63, 3.8) is 0 Å². The van der Waals surface area contributed by atoms with E-state index < -0.39 is 17.0 Å². The van der Waals surface area contributed by atoms with Gasteiger partial charge >= 0.3 is 0 Å². The molecule has 1 atom stereocenters. The molecule has 0 spiro atoms. The molecule has 0 aliphatic rings. The minimum atomic E-state index is -0.461. The van der Waals surface area contributed by atoms with Gasteiger partial charge in [-0.25, -0.2) is 4.68 Å². The molecule has 94 valence electrons. The lowest BCUT2D eigenvalue weighted by molar-refractivity contribution is -0.123. The van der Waals surface area contributed by atoms with Crippen LogP contribution >= 0.6 is 0 Å². The van der Waals surface area contributed by atoms with Gasteiger partial charge in [0.05, 0.1) is 12.6 Å². The van der Waals surface area contributed by atoms with Crippen LogP contribution < -0.4 is 16.4 Å². The van der Waals surface area contributed by atoms with Gasteiger partial charge in [-0.15, -0.1) is 0 Å². The smallest absolute Gasteiger partial charge is 0.265 e. The van der Waals surface area contributed by atoms with Gasteiger partial charge in [0.2, 0.25) is 5.91 Å². The van der Waals surface area contributed by atoms with Crippen LogP contribution in [0.15, 0.2) is 21.7 Å². The fourth-order valence-corrected chi connectivity index (χ4v) is 1.27. The molecule has 3 N–H and O–H groups in total. The van der Waals surface area contributed by atoms with Gasteiger partial charge in [0.25, 0.3) is 11.1 Å². The number of H-pyrrole nitrogens is 1. The first-order valence-corrected chi connectivity index (χ1v) is 5.27. The largest absolute Gasteiger partial charge is 0.394 e. The lowest BCUT2D eigenvalue weighted by Crippen LogP contribution is -2.41. The number of hydrogen-bond acceptors (Lipinski definition) is 4. The Kier molecular flexibility index (Phi) is 4.65. The molecule has 0 unspecified atom stereocenters. The Morgan fingerprint density at radius 3 is 2.82 bits per heavy atom. The number of amides is 1. The Hall–Kier alpha value is -1.89. The molecule has 0 saturated heterocycles. The van der Waals surface area contributed by atoms with Crippen molar-refractivity contribution in [3.8, 4) is 0 Å². The summed E-state index contributed by atoms with van der Waals surface area (Å²) in [7, 11) is 0. The van der Waals surface area contributed by atoms with Gasteiger partial charge in [0.15, 0.2) is 0 Å². The van der Waals surface area contributed by atoms with E-state index in [4.69, 9.17) is 5.11 Å². The third-order valence-electron chi connectivity index (χ3n) is 2.27. The topological polar surface area (TPSA) is 104 Å². The van der Waals surface area contributed by atoms with E-state index in [-0.39, 0.29) is 19.2 Å². The Labute approximate surface area is 97.1 Å². The quantitative estimate of drug-likeness (QED) is 0.579. The number of hydrogen-bond donors (Lipinski definition) is 3. The highest BCUT2D eigenvalue weighted by molar-refractivity contribution is 5.75. The first kappa shape index (κ1) is 13.2. The van der Waals surface area contributed by atoms with Crippen molar-refractivity contribution in [3.05, 3.63) is 32.8 Å². The highest BCUT2D eigenvalue weighted by Crippen LogP contribution is 1.88. The molecule has 0 saturated carbocycles. The SMILES string of the molecule is CC[C@@H](CO)NC(=O)Cn1[nH]c(=O)ccc1=O. The molecule has 1 amide bonds. The number of nitrogens with zero attached hydrogens (tertiary/aromatic N) is 1. The van der Waals surface area contributed by atoms with Crippen molar-refractivity contribution in [1.29, 1.82) is 0 Å². The Bertz CT molecular complexity index is 487. The van der Waals surface area contributed by atoms with Crippen molar-refractivity contribution >= 4 is 5.91 Å². The zero-order valence-corrected chi connectivity index (χ0v) is 9.47. The number of aliphatic hydroxyl groups excluding tert-OH is 1. The Morgan fingerprint density at radius 2 is 2.24 bits per heavy atom. The fraction of sp³-hybridized carbons (Fsp3) is 0.500. The van der Waals surface area contributed by atoms with Gasteiger partial charge in [-0.3, -0.25) is 19.5 Å². The van der Waals surface area contributed by atoms with E-state index in [2.05, 4.69) is 10.4 Å². The second-order valence-corrected chi connectivity index (χ2v) is 3.59. The molecule has 7 heteroatoms. The monoisotopic (exact) mass is 241 g/mol. The number of aliphatic hydroxyl groups is 1. The average Bonchev–Trinajstić information content (AvgIpc) is 2.31. The van der Waals surface area contributed by atoms with Crippen LogP contribution in [0.5, 0.6) is 0 Å². The molecule has 0 aliphatic heterocycles. The summed E-state index contributed by atoms with van der Waals surface area (Å²) >= 11 is 0. The Balaban J connectivity index is 2.71. The number of carbonyl (C=O) groups is 1. The number of nitrogens with one attached hydrogen (secondary N) is 2. The molecule has 0 fully saturated rings. The van der Waals surface area contributed by atoms with Crippen LogP contribution in [-0.4, -0.2) is 33.4 Å².